The molecule has 0 spiro atoms. The molecule has 1 N–H and O–H groups in total. The molecule has 0 aliphatic carbocycles. The van der Waals surface area contributed by atoms with Crippen molar-refractivity contribution in [3.8, 4) is 0 Å². The Kier molecular flexibility index (Phi) is 3.64. The second-order valence-corrected chi connectivity index (χ2v) is 5.34. The van der Waals surface area contributed by atoms with Crippen LogP contribution in [0.3, 0.4) is 0 Å². The van der Waals surface area contributed by atoms with Gasteiger partial charge in [0.1, 0.15) is 11.2 Å². The Morgan fingerprint density at radius 1 is 1.05 bits per heavy atom. The van der Waals surface area contributed by atoms with Crippen LogP contribution in [0.2, 0.25) is 0 Å². The highest BCUT2D eigenvalue weighted by molar-refractivity contribution is 5.74. The van der Waals surface area contributed by atoms with E-state index in [0.29, 0.717) is 17.7 Å². The van der Waals surface area contributed by atoms with Crippen LogP contribution >= 0.6 is 0 Å². The summed E-state index contributed by atoms with van der Waals surface area (Å²) in [5, 5.41) is 0. The molecular formula is C16H19N3O2. The normalized spacial score (nSPS) is 11.5. The molecule has 3 aromatic rings. The lowest BCUT2D eigenvalue weighted by atomic mass is 10.2. The summed E-state index contributed by atoms with van der Waals surface area (Å²) in [5.41, 5.74) is 1.89. The van der Waals surface area contributed by atoms with Crippen molar-refractivity contribution in [1.82, 2.24) is 14.0 Å². The molecular weight excluding hydrogens is 266 g/mol. The zero-order valence-corrected chi connectivity index (χ0v) is 12.1. The first-order valence-electron chi connectivity index (χ1n) is 7.45. The van der Waals surface area contributed by atoms with E-state index >= 15 is 0 Å². The summed E-state index contributed by atoms with van der Waals surface area (Å²) in [4.78, 5) is 27.0. The van der Waals surface area contributed by atoms with Crippen molar-refractivity contribution in [1.29, 1.82) is 0 Å². The SMILES string of the molecule is CCCCCCn1c(=O)c2cccn2c2[nH]c(=O)ccc21. The van der Waals surface area contributed by atoms with Gasteiger partial charge in [-0.2, -0.15) is 0 Å². The molecule has 3 heterocycles. The zero-order chi connectivity index (χ0) is 14.8. The third-order valence-electron chi connectivity index (χ3n) is 3.86. The van der Waals surface area contributed by atoms with Gasteiger partial charge < -0.3 is 9.55 Å². The van der Waals surface area contributed by atoms with Crippen LogP contribution in [-0.4, -0.2) is 14.0 Å². The standard InChI is InChI=1S/C16H19N3O2/c1-2-3-4-5-10-19-12-8-9-14(20)17-15(12)18-11-6-7-13(18)16(19)21/h6-9,11H,2-5,10H2,1H3,(H,17,20). The first kappa shape index (κ1) is 13.7. The van der Waals surface area contributed by atoms with Gasteiger partial charge >= 0.3 is 0 Å². The molecule has 0 aliphatic heterocycles. The van der Waals surface area contributed by atoms with E-state index < -0.39 is 0 Å². The summed E-state index contributed by atoms with van der Waals surface area (Å²) < 4.78 is 3.53. The molecule has 5 nitrogen and oxygen atoms in total. The number of rotatable bonds is 5. The third kappa shape index (κ3) is 2.39. The lowest BCUT2D eigenvalue weighted by Crippen LogP contribution is -2.24. The first-order valence-corrected chi connectivity index (χ1v) is 7.45. The maximum absolute atomic E-state index is 12.6. The van der Waals surface area contributed by atoms with Crippen LogP contribution in [0.5, 0.6) is 0 Å². The van der Waals surface area contributed by atoms with Gasteiger partial charge in [0.05, 0.1) is 5.52 Å². The van der Waals surface area contributed by atoms with Gasteiger partial charge in [-0.3, -0.25) is 14.0 Å². The predicted octanol–water partition coefficient (Wildman–Crippen LogP) is 2.52. The quantitative estimate of drug-likeness (QED) is 0.732. The lowest BCUT2D eigenvalue weighted by molar-refractivity contribution is 0.582. The number of fused-ring (bicyclic) bond motifs is 3. The van der Waals surface area contributed by atoms with Crippen LogP contribution < -0.4 is 11.1 Å². The molecule has 0 aromatic carbocycles. The molecule has 0 aliphatic rings. The molecule has 0 amide bonds. The Bertz CT molecular complexity index is 886. The summed E-state index contributed by atoms with van der Waals surface area (Å²) in [6.45, 7) is 2.85. The van der Waals surface area contributed by atoms with Gasteiger partial charge in [-0.05, 0) is 24.6 Å². The molecule has 0 fully saturated rings. The van der Waals surface area contributed by atoms with E-state index in [9.17, 15) is 9.59 Å². The monoisotopic (exact) mass is 285 g/mol. The summed E-state index contributed by atoms with van der Waals surface area (Å²) in [6, 6.07) is 6.81. The van der Waals surface area contributed by atoms with Crippen molar-refractivity contribution in [2.24, 2.45) is 0 Å². The Morgan fingerprint density at radius 3 is 2.71 bits per heavy atom. The number of nitrogens with one attached hydrogen (secondary N) is 1. The fourth-order valence-electron chi connectivity index (χ4n) is 2.77. The lowest BCUT2D eigenvalue weighted by Gasteiger charge is -2.12. The van der Waals surface area contributed by atoms with Gasteiger partial charge in [0.25, 0.3) is 5.56 Å². The van der Waals surface area contributed by atoms with Crippen molar-refractivity contribution in [3.05, 3.63) is 51.2 Å². The van der Waals surface area contributed by atoms with Crippen LogP contribution in [0.1, 0.15) is 32.6 Å². The maximum atomic E-state index is 12.6. The fourth-order valence-corrected chi connectivity index (χ4v) is 2.77. The van der Waals surface area contributed by atoms with Gasteiger partial charge in [0, 0.05) is 18.8 Å². The van der Waals surface area contributed by atoms with Crippen molar-refractivity contribution < 1.29 is 0 Å². The summed E-state index contributed by atoms with van der Waals surface area (Å²) in [5.74, 6) is 0. The molecule has 0 saturated carbocycles. The van der Waals surface area contributed by atoms with Crippen molar-refractivity contribution in [3.63, 3.8) is 0 Å². The number of H-pyrrole nitrogens is 1. The number of aromatic amines is 1. The van der Waals surface area contributed by atoms with Crippen LogP contribution in [0, 0.1) is 0 Å². The van der Waals surface area contributed by atoms with Gasteiger partial charge in [0.2, 0.25) is 5.56 Å². The number of unbranched alkanes of at least 4 members (excludes halogenated alkanes) is 3. The molecule has 21 heavy (non-hydrogen) atoms. The number of hydrogen-bond donors (Lipinski definition) is 1. The van der Waals surface area contributed by atoms with Gasteiger partial charge in [-0.15, -0.1) is 0 Å². The molecule has 3 aromatic heterocycles. The van der Waals surface area contributed by atoms with Gasteiger partial charge in [0.15, 0.2) is 0 Å². The molecule has 3 rings (SSSR count). The zero-order valence-electron chi connectivity index (χ0n) is 12.1. The minimum Gasteiger partial charge on any atom is -0.306 e. The second kappa shape index (κ2) is 5.60. The Labute approximate surface area is 121 Å². The third-order valence-corrected chi connectivity index (χ3v) is 3.86. The number of nitrogens with zero attached hydrogens (tertiary/aromatic N) is 2. The van der Waals surface area contributed by atoms with Crippen LogP contribution in [0.15, 0.2) is 40.1 Å². The average Bonchev–Trinajstić information content (AvgIpc) is 2.96. The van der Waals surface area contributed by atoms with Crippen molar-refractivity contribution in [2.75, 3.05) is 0 Å². The maximum Gasteiger partial charge on any atom is 0.275 e. The number of pyridine rings is 1. The predicted molar refractivity (Wildman–Crippen MR) is 83.9 cm³/mol. The topological polar surface area (TPSA) is 59.3 Å². The highest BCUT2D eigenvalue weighted by Gasteiger charge is 2.10. The summed E-state index contributed by atoms with van der Waals surface area (Å²) in [7, 11) is 0. The van der Waals surface area contributed by atoms with Crippen molar-refractivity contribution >= 4 is 16.7 Å². The molecule has 0 atom stereocenters. The number of hydrogen-bond acceptors (Lipinski definition) is 2. The van der Waals surface area contributed by atoms with Gasteiger partial charge in [-0.1, -0.05) is 26.2 Å². The minimum atomic E-state index is -0.159. The smallest absolute Gasteiger partial charge is 0.275 e. The molecule has 0 radical (unpaired) electrons. The summed E-state index contributed by atoms with van der Waals surface area (Å²) in [6.07, 6.45) is 6.23. The van der Waals surface area contributed by atoms with Crippen LogP contribution in [-0.2, 0) is 6.54 Å². The molecule has 0 unspecified atom stereocenters. The van der Waals surface area contributed by atoms with Crippen LogP contribution in [0.25, 0.3) is 16.7 Å². The fraction of sp³-hybridized carbons (Fsp3) is 0.375. The molecule has 5 heteroatoms. The molecule has 110 valence electrons. The Morgan fingerprint density at radius 2 is 1.90 bits per heavy atom. The Balaban J connectivity index is 2.18. The second-order valence-electron chi connectivity index (χ2n) is 5.34. The van der Waals surface area contributed by atoms with E-state index in [1.165, 1.54) is 18.9 Å². The highest BCUT2D eigenvalue weighted by atomic mass is 16.1. The van der Waals surface area contributed by atoms with E-state index in [4.69, 9.17) is 0 Å². The molecule has 0 bridgehead atoms. The van der Waals surface area contributed by atoms with E-state index in [0.717, 1.165) is 18.4 Å². The first-order chi connectivity index (χ1) is 10.2. The molecule has 0 saturated heterocycles. The van der Waals surface area contributed by atoms with E-state index in [-0.39, 0.29) is 11.1 Å². The van der Waals surface area contributed by atoms with Crippen molar-refractivity contribution in [2.45, 2.75) is 39.2 Å². The van der Waals surface area contributed by atoms with Crippen LogP contribution in [0.4, 0.5) is 0 Å². The average molecular weight is 285 g/mol. The Hall–Kier alpha value is -2.30. The largest absolute Gasteiger partial charge is 0.306 e. The van der Waals surface area contributed by atoms with E-state index in [1.807, 2.05) is 6.07 Å². The highest BCUT2D eigenvalue weighted by Crippen LogP contribution is 2.12. The number of aromatic nitrogens is 3. The van der Waals surface area contributed by atoms with E-state index in [1.54, 1.807) is 27.3 Å². The summed E-state index contributed by atoms with van der Waals surface area (Å²) >= 11 is 0. The van der Waals surface area contributed by atoms with E-state index in [2.05, 4.69) is 11.9 Å². The number of aryl methyl sites for hydroxylation is 1. The minimum absolute atomic E-state index is 0.00366. The van der Waals surface area contributed by atoms with Gasteiger partial charge in [-0.25, -0.2) is 0 Å².